The van der Waals surface area contributed by atoms with E-state index < -0.39 is 11.4 Å². The Hall–Kier alpha value is -1.55. The number of thiophene rings is 1. The van der Waals surface area contributed by atoms with Crippen LogP contribution in [0.3, 0.4) is 0 Å². The number of hydrogen-bond donors (Lipinski definition) is 2. The van der Waals surface area contributed by atoms with Crippen LogP contribution in [0.2, 0.25) is 0 Å². The molecule has 0 spiro atoms. The first-order chi connectivity index (χ1) is 8.21. The number of benzene rings is 1. The van der Waals surface area contributed by atoms with Crippen LogP contribution in [0.25, 0.3) is 10.1 Å². The molecular formula is C13H13NO2S. The van der Waals surface area contributed by atoms with Crippen LogP contribution in [0, 0.1) is 5.41 Å². The maximum absolute atomic E-state index is 11.1. The van der Waals surface area contributed by atoms with Crippen LogP contribution in [-0.2, 0) is 4.79 Å². The molecule has 1 heterocycles. The van der Waals surface area contributed by atoms with E-state index in [4.69, 9.17) is 5.11 Å². The fourth-order valence-electron chi connectivity index (χ4n) is 2.00. The number of rotatable bonds is 4. The highest BCUT2D eigenvalue weighted by molar-refractivity contribution is 7.17. The Morgan fingerprint density at radius 3 is 2.88 bits per heavy atom. The van der Waals surface area contributed by atoms with E-state index in [1.807, 2.05) is 12.1 Å². The minimum atomic E-state index is -0.676. The molecule has 88 valence electrons. The summed E-state index contributed by atoms with van der Waals surface area (Å²) < 4.78 is 1.23. The molecule has 1 fully saturated rings. The van der Waals surface area contributed by atoms with Gasteiger partial charge in [-0.1, -0.05) is 18.2 Å². The Labute approximate surface area is 103 Å². The van der Waals surface area contributed by atoms with Crippen LogP contribution in [0.5, 0.6) is 0 Å². The smallest absolute Gasteiger partial charge is 0.311 e. The van der Waals surface area contributed by atoms with Gasteiger partial charge in [-0.2, -0.15) is 0 Å². The average molecular weight is 247 g/mol. The van der Waals surface area contributed by atoms with Gasteiger partial charge in [0.15, 0.2) is 0 Å². The molecule has 1 aliphatic rings. The van der Waals surface area contributed by atoms with Gasteiger partial charge in [0.25, 0.3) is 0 Å². The highest BCUT2D eigenvalue weighted by Gasteiger charge is 2.50. The van der Waals surface area contributed by atoms with Crippen molar-refractivity contribution in [3.05, 3.63) is 29.6 Å². The summed E-state index contributed by atoms with van der Waals surface area (Å²) in [4.78, 5) is 11.1. The van der Waals surface area contributed by atoms with Gasteiger partial charge in [0.05, 0.1) is 11.1 Å². The predicted octanol–water partition coefficient (Wildman–Crippen LogP) is 3.18. The molecule has 3 rings (SSSR count). The lowest BCUT2D eigenvalue weighted by atomic mass is 10.1. The molecule has 0 bridgehead atoms. The molecule has 1 saturated carbocycles. The van der Waals surface area contributed by atoms with E-state index in [0.717, 1.165) is 18.5 Å². The summed E-state index contributed by atoms with van der Waals surface area (Å²) in [6, 6.07) is 8.16. The molecule has 0 unspecified atom stereocenters. The minimum absolute atomic E-state index is 0.511. The number of hydrogen-bond acceptors (Lipinski definition) is 3. The Morgan fingerprint density at radius 2 is 2.18 bits per heavy atom. The van der Waals surface area contributed by atoms with Crippen molar-refractivity contribution >= 4 is 33.1 Å². The molecule has 0 aliphatic heterocycles. The summed E-state index contributed by atoms with van der Waals surface area (Å²) in [6.07, 6.45) is 1.58. The van der Waals surface area contributed by atoms with Gasteiger partial charge in [-0.05, 0) is 18.9 Å². The number of aliphatic carboxylic acids is 1. The largest absolute Gasteiger partial charge is 0.481 e. The highest BCUT2D eigenvalue weighted by Crippen LogP contribution is 2.46. The lowest BCUT2D eigenvalue weighted by Crippen LogP contribution is -2.24. The van der Waals surface area contributed by atoms with Crippen LogP contribution >= 0.6 is 11.3 Å². The Morgan fingerprint density at radius 1 is 1.41 bits per heavy atom. The molecule has 0 atom stereocenters. The van der Waals surface area contributed by atoms with Crippen molar-refractivity contribution < 1.29 is 9.90 Å². The third-order valence-corrected chi connectivity index (χ3v) is 4.37. The first-order valence-corrected chi connectivity index (χ1v) is 6.53. The van der Waals surface area contributed by atoms with Crippen molar-refractivity contribution in [2.75, 3.05) is 11.9 Å². The predicted molar refractivity (Wildman–Crippen MR) is 69.6 cm³/mol. The Balaban J connectivity index is 1.80. The van der Waals surface area contributed by atoms with E-state index in [1.165, 1.54) is 10.1 Å². The number of nitrogens with one attached hydrogen (secondary N) is 1. The minimum Gasteiger partial charge on any atom is -0.481 e. The van der Waals surface area contributed by atoms with E-state index in [1.54, 1.807) is 11.3 Å². The van der Waals surface area contributed by atoms with Crippen molar-refractivity contribution in [1.29, 1.82) is 0 Å². The van der Waals surface area contributed by atoms with Crippen LogP contribution in [0.4, 0.5) is 5.69 Å². The second kappa shape index (κ2) is 3.74. The zero-order valence-electron chi connectivity index (χ0n) is 9.27. The van der Waals surface area contributed by atoms with Crippen molar-refractivity contribution in [3.8, 4) is 0 Å². The molecule has 2 aromatic rings. The molecule has 3 nitrogen and oxygen atoms in total. The monoisotopic (exact) mass is 247 g/mol. The van der Waals surface area contributed by atoms with E-state index >= 15 is 0 Å². The normalized spacial score (nSPS) is 16.9. The maximum atomic E-state index is 11.1. The van der Waals surface area contributed by atoms with Gasteiger partial charge in [0.1, 0.15) is 0 Å². The molecule has 2 N–H and O–H groups in total. The number of carbonyl (C=O) groups is 1. The second-order valence-corrected chi connectivity index (χ2v) is 5.50. The first-order valence-electron chi connectivity index (χ1n) is 5.65. The summed E-state index contributed by atoms with van der Waals surface area (Å²) in [5, 5.41) is 15.6. The number of anilines is 1. The third-order valence-electron chi connectivity index (χ3n) is 3.41. The maximum Gasteiger partial charge on any atom is 0.311 e. The van der Waals surface area contributed by atoms with Crippen molar-refractivity contribution in [3.63, 3.8) is 0 Å². The van der Waals surface area contributed by atoms with Crippen LogP contribution in [0.1, 0.15) is 12.8 Å². The molecule has 1 aliphatic carbocycles. The quantitative estimate of drug-likeness (QED) is 0.872. The number of carboxylic acids is 1. The molecular weight excluding hydrogens is 234 g/mol. The van der Waals surface area contributed by atoms with Gasteiger partial charge in [-0.3, -0.25) is 4.79 Å². The van der Waals surface area contributed by atoms with Gasteiger partial charge < -0.3 is 10.4 Å². The summed E-state index contributed by atoms with van der Waals surface area (Å²) in [5.41, 5.74) is 0.543. The van der Waals surface area contributed by atoms with Gasteiger partial charge in [0, 0.05) is 22.0 Å². The zero-order chi connectivity index (χ0) is 11.9. The molecule has 4 heteroatoms. The van der Waals surface area contributed by atoms with E-state index in [9.17, 15) is 4.79 Å². The lowest BCUT2D eigenvalue weighted by molar-refractivity contribution is -0.142. The highest BCUT2D eigenvalue weighted by atomic mass is 32.1. The molecule has 1 aromatic carbocycles. The number of fused-ring (bicyclic) bond motifs is 1. The summed E-state index contributed by atoms with van der Waals surface area (Å²) in [6.45, 7) is 0.531. The van der Waals surface area contributed by atoms with E-state index in [-0.39, 0.29) is 0 Å². The fraction of sp³-hybridized carbons (Fsp3) is 0.308. The third kappa shape index (κ3) is 1.78. The topological polar surface area (TPSA) is 49.3 Å². The van der Waals surface area contributed by atoms with Crippen LogP contribution < -0.4 is 5.32 Å². The summed E-state index contributed by atoms with van der Waals surface area (Å²) in [5.74, 6) is -0.676. The van der Waals surface area contributed by atoms with E-state index in [0.29, 0.717) is 6.54 Å². The fourth-order valence-corrected chi connectivity index (χ4v) is 2.91. The van der Waals surface area contributed by atoms with Crippen molar-refractivity contribution in [2.24, 2.45) is 5.41 Å². The summed E-state index contributed by atoms with van der Waals surface area (Å²) >= 11 is 1.68. The Bertz CT molecular complexity index is 572. The van der Waals surface area contributed by atoms with Crippen molar-refractivity contribution in [2.45, 2.75) is 12.8 Å². The molecule has 0 radical (unpaired) electrons. The zero-order valence-corrected chi connectivity index (χ0v) is 10.1. The summed E-state index contributed by atoms with van der Waals surface area (Å²) in [7, 11) is 0. The first kappa shape index (κ1) is 10.6. The van der Waals surface area contributed by atoms with Gasteiger partial charge in [-0.15, -0.1) is 11.3 Å². The number of carboxylic acid groups (broad SMARTS) is 1. The second-order valence-electron chi connectivity index (χ2n) is 4.58. The molecule has 0 saturated heterocycles. The van der Waals surface area contributed by atoms with E-state index in [2.05, 4.69) is 22.8 Å². The SMILES string of the molecule is O=C(O)C1(CNc2csc3ccccc23)CC1. The average Bonchev–Trinajstić information content (AvgIpc) is 3.02. The van der Waals surface area contributed by atoms with Gasteiger partial charge in [-0.25, -0.2) is 0 Å². The standard InChI is InChI=1S/C13H13NO2S/c15-12(16)13(5-6-13)8-14-10-7-17-11-4-2-1-3-9(10)11/h1-4,7,14H,5-6,8H2,(H,15,16). The lowest BCUT2D eigenvalue weighted by Gasteiger charge is -2.11. The molecule has 0 amide bonds. The van der Waals surface area contributed by atoms with Crippen LogP contribution in [-0.4, -0.2) is 17.6 Å². The van der Waals surface area contributed by atoms with Crippen molar-refractivity contribution in [1.82, 2.24) is 0 Å². The Kier molecular flexibility index (Phi) is 2.33. The molecule has 1 aromatic heterocycles. The van der Waals surface area contributed by atoms with Gasteiger partial charge >= 0.3 is 5.97 Å². The van der Waals surface area contributed by atoms with Gasteiger partial charge in [0.2, 0.25) is 0 Å². The molecule has 17 heavy (non-hydrogen) atoms. The van der Waals surface area contributed by atoms with Crippen LogP contribution in [0.15, 0.2) is 29.6 Å².